The molecule has 1 aromatic carbocycles. The largest absolute Gasteiger partial charge is 0.377 e. The molecule has 19 heavy (non-hydrogen) atoms. The summed E-state index contributed by atoms with van der Waals surface area (Å²) in [6, 6.07) is 6.35. The van der Waals surface area contributed by atoms with Gasteiger partial charge in [0.25, 0.3) is 0 Å². The van der Waals surface area contributed by atoms with Crippen LogP contribution < -0.4 is 5.32 Å². The van der Waals surface area contributed by atoms with Crippen LogP contribution in [0.1, 0.15) is 24.6 Å². The van der Waals surface area contributed by atoms with Gasteiger partial charge in [0.15, 0.2) is 0 Å². The van der Waals surface area contributed by atoms with Gasteiger partial charge in [-0.05, 0) is 37.1 Å². The molecule has 0 atom stereocenters. The fraction of sp³-hybridized carbons (Fsp3) is 0.333. The maximum Gasteiger partial charge on any atom is 0.146 e. The number of rotatable bonds is 5. The monoisotopic (exact) mass is 264 g/mol. The zero-order chi connectivity index (χ0) is 13.8. The molecular formula is C15H18F2N2. The summed E-state index contributed by atoms with van der Waals surface area (Å²) in [6.07, 6.45) is 3.03. The molecule has 0 saturated carbocycles. The second-order valence-electron chi connectivity index (χ2n) is 4.63. The van der Waals surface area contributed by atoms with Crippen molar-refractivity contribution >= 4 is 5.69 Å². The fourth-order valence-electron chi connectivity index (χ4n) is 2.04. The number of hydrogen-bond acceptors (Lipinski definition) is 1. The van der Waals surface area contributed by atoms with Crippen LogP contribution in [0.5, 0.6) is 0 Å². The first kappa shape index (κ1) is 13.6. The maximum atomic E-state index is 13.7. The van der Waals surface area contributed by atoms with E-state index in [1.807, 2.05) is 18.3 Å². The van der Waals surface area contributed by atoms with E-state index in [9.17, 15) is 8.78 Å². The van der Waals surface area contributed by atoms with E-state index in [-0.39, 0.29) is 5.69 Å². The molecule has 102 valence electrons. The highest BCUT2D eigenvalue weighted by molar-refractivity contribution is 5.47. The quantitative estimate of drug-likeness (QED) is 0.860. The van der Waals surface area contributed by atoms with Gasteiger partial charge in [-0.3, -0.25) is 0 Å². The second-order valence-corrected chi connectivity index (χ2v) is 4.63. The maximum absolute atomic E-state index is 13.7. The summed E-state index contributed by atoms with van der Waals surface area (Å²) >= 11 is 0. The van der Waals surface area contributed by atoms with Crippen LogP contribution in [0.2, 0.25) is 0 Å². The highest BCUT2D eigenvalue weighted by Crippen LogP contribution is 2.19. The van der Waals surface area contributed by atoms with E-state index in [2.05, 4.69) is 16.8 Å². The Kier molecular flexibility index (Phi) is 4.20. The molecule has 0 unspecified atom stereocenters. The van der Waals surface area contributed by atoms with Crippen LogP contribution in [-0.2, 0) is 13.1 Å². The average molecular weight is 264 g/mol. The van der Waals surface area contributed by atoms with Crippen molar-refractivity contribution in [3.05, 3.63) is 53.4 Å². The number of nitrogens with zero attached hydrogens (tertiary/aromatic N) is 1. The third kappa shape index (κ3) is 3.13. The Morgan fingerprint density at radius 1 is 1.21 bits per heavy atom. The molecule has 0 amide bonds. The molecule has 0 aliphatic heterocycles. The van der Waals surface area contributed by atoms with E-state index in [1.165, 1.54) is 12.1 Å². The predicted molar refractivity (Wildman–Crippen MR) is 73.1 cm³/mol. The van der Waals surface area contributed by atoms with Crippen molar-refractivity contribution in [1.82, 2.24) is 4.57 Å². The summed E-state index contributed by atoms with van der Waals surface area (Å²) in [5.41, 5.74) is 1.58. The van der Waals surface area contributed by atoms with Gasteiger partial charge in [-0.25, -0.2) is 8.78 Å². The summed E-state index contributed by atoms with van der Waals surface area (Å²) in [5.74, 6) is -0.819. The Balaban J connectivity index is 2.10. The first-order chi connectivity index (χ1) is 9.11. The zero-order valence-corrected chi connectivity index (χ0v) is 11.2. The lowest BCUT2D eigenvalue weighted by Gasteiger charge is -2.11. The number of nitrogens with one attached hydrogen (secondary N) is 1. The Morgan fingerprint density at radius 2 is 2.00 bits per heavy atom. The zero-order valence-electron chi connectivity index (χ0n) is 11.2. The molecule has 0 spiro atoms. The molecule has 1 aromatic heterocycles. The SMILES string of the molecule is CCCn1cccc1CNc1cc(F)c(C)cc1F. The van der Waals surface area contributed by atoms with Crippen molar-refractivity contribution in [2.45, 2.75) is 33.4 Å². The molecule has 2 nitrogen and oxygen atoms in total. The van der Waals surface area contributed by atoms with Crippen molar-refractivity contribution in [2.24, 2.45) is 0 Å². The minimum atomic E-state index is -0.424. The standard InChI is InChI=1S/C15H18F2N2/c1-3-6-19-7-4-5-12(19)10-18-15-9-13(16)11(2)8-14(15)17/h4-5,7-9,18H,3,6,10H2,1-2H3. The topological polar surface area (TPSA) is 17.0 Å². The summed E-state index contributed by atoms with van der Waals surface area (Å²) in [7, 11) is 0. The van der Waals surface area contributed by atoms with Gasteiger partial charge in [0.1, 0.15) is 11.6 Å². The lowest BCUT2D eigenvalue weighted by molar-refractivity contribution is 0.593. The molecule has 4 heteroatoms. The molecule has 0 bridgehead atoms. The summed E-state index contributed by atoms with van der Waals surface area (Å²) in [4.78, 5) is 0. The predicted octanol–water partition coefficient (Wildman–Crippen LogP) is 4.10. The van der Waals surface area contributed by atoms with Crippen molar-refractivity contribution in [3.8, 4) is 0 Å². The molecule has 2 aromatic rings. The van der Waals surface area contributed by atoms with Gasteiger partial charge >= 0.3 is 0 Å². The molecule has 0 aliphatic rings. The smallest absolute Gasteiger partial charge is 0.146 e. The number of hydrogen-bond donors (Lipinski definition) is 1. The minimum Gasteiger partial charge on any atom is -0.377 e. The Labute approximate surface area is 112 Å². The van der Waals surface area contributed by atoms with Crippen LogP contribution in [0.4, 0.5) is 14.5 Å². The van der Waals surface area contributed by atoms with Crippen LogP contribution >= 0.6 is 0 Å². The van der Waals surface area contributed by atoms with Crippen LogP contribution in [0.15, 0.2) is 30.5 Å². The van der Waals surface area contributed by atoms with Crippen molar-refractivity contribution in [1.29, 1.82) is 0 Å². The lowest BCUT2D eigenvalue weighted by Crippen LogP contribution is -2.08. The Bertz CT molecular complexity index is 561. The van der Waals surface area contributed by atoms with Gasteiger partial charge in [-0.2, -0.15) is 0 Å². The second kappa shape index (κ2) is 5.87. The first-order valence-electron chi connectivity index (χ1n) is 6.45. The van der Waals surface area contributed by atoms with Crippen LogP contribution in [0.25, 0.3) is 0 Å². The van der Waals surface area contributed by atoms with Crippen molar-refractivity contribution in [2.75, 3.05) is 5.32 Å². The minimum absolute atomic E-state index is 0.201. The van der Waals surface area contributed by atoms with Gasteiger partial charge in [0, 0.05) is 24.5 Å². The van der Waals surface area contributed by atoms with E-state index in [4.69, 9.17) is 0 Å². The third-order valence-electron chi connectivity index (χ3n) is 3.10. The van der Waals surface area contributed by atoms with Gasteiger partial charge in [-0.1, -0.05) is 6.92 Å². The van der Waals surface area contributed by atoms with E-state index < -0.39 is 11.6 Å². The molecule has 0 fully saturated rings. The summed E-state index contributed by atoms with van der Waals surface area (Å²) in [5, 5.41) is 2.95. The van der Waals surface area contributed by atoms with Crippen LogP contribution in [-0.4, -0.2) is 4.57 Å². The third-order valence-corrected chi connectivity index (χ3v) is 3.10. The van der Waals surface area contributed by atoms with Gasteiger partial charge in [-0.15, -0.1) is 0 Å². The first-order valence-corrected chi connectivity index (χ1v) is 6.45. The van der Waals surface area contributed by atoms with E-state index in [0.717, 1.165) is 18.7 Å². The number of halogens is 2. The van der Waals surface area contributed by atoms with Crippen LogP contribution in [0.3, 0.4) is 0 Å². The molecule has 0 saturated heterocycles. The molecule has 0 radical (unpaired) electrons. The number of aryl methyl sites for hydroxylation is 2. The van der Waals surface area contributed by atoms with E-state index in [0.29, 0.717) is 12.1 Å². The molecular weight excluding hydrogens is 246 g/mol. The van der Waals surface area contributed by atoms with Gasteiger partial charge < -0.3 is 9.88 Å². The Morgan fingerprint density at radius 3 is 2.74 bits per heavy atom. The highest BCUT2D eigenvalue weighted by atomic mass is 19.1. The molecule has 0 aliphatic carbocycles. The highest BCUT2D eigenvalue weighted by Gasteiger charge is 2.08. The van der Waals surface area contributed by atoms with E-state index in [1.54, 1.807) is 6.92 Å². The normalized spacial score (nSPS) is 10.7. The molecule has 1 heterocycles. The van der Waals surface area contributed by atoms with Crippen molar-refractivity contribution < 1.29 is 8.78 Å². The van der Waals surface area contributed by atoms with Crippen molar-refractivity contribution in [3.63, 3.8) is 0 Å². The number of benzene rings is 1. The van der Waals surface area contributed by atoms with Crippen LogP contribution in [0, 0.1) is 18.6 Å². The fourth-order valence-corrected chi connectivity index (χ4v) is 2.04. The number of aromatic nitrogens is 1. The Hall–Kier alpha value is -1.84. The van der Waals surface area contributed by atoms with E-state index >= 15 is 0 Å². The number of anilines is 1. The summed E-state index contributed by atoms with van der Waals surface area (Å²) < 4.78 is 29.2. The average Bonchev–Trinajstić information content (AvgIpc) is 2.80. The lowest BCUT2D eigenvalue weighted by atomic mass is 10.2. The van der Waals surface area contributed by atoms with Gasteiger partial charge in [0.05, 0.1) is 12.2 Å². The summed E-state index contributed by atoms with van der Waals surface area (Å²) in [6.45, 7) is 5.06. The molecule has 2 rings (SSSR count). The van der Waals surface area contributed by atoms with Gasteiger partial charge in [0.2, 0.25) is 0 Å². The molecule has 1 N–H and O–H groups in total.